The van der Waals surface area contributed by atoms with Gasteiger partial charge in [-0.2, -0.15) is 0 Å². The van der Waals surface area contributed by atoms with E-state index in [-0.39, 0.29) is 17.4 Å². The molecule has 1 N–H and O–H groups in total. The van der Waals surface area contributed by atoms with Crippen molar-refractivity contribution < 1.29 is 9.53 Å². The zero-order valence-corrected chi connectivity index (χ0v) is 12.3. The van der Waals surface area contributed by atoms with Crippen molar-refractivity contribution in [1.82, 2.24) is 10.3 Å². The fourth-order valence-corrected chi connectivity index (χ4v) is 2.12. The second kappa shape index (κ2) is 6.85. The van der Waals surface area contributed by atoms with Gasteiger partial charge in [0.05, 0.1) is 18.3 Å². The van der Waals surface area contributed by atoms with Gasteiger partial charge in [-0.05, 0) is 18.4 Å². The number of carbonyl (C=O) groups is 1. The smallest absolute Gasteiger partial charge is 0.323 e. The summed E-state index contributed by atoms with van der Waals surface area (Å²) < 4.78 is 4.82. The molecule has 4 nitrogen and oxygen atoms in total. The summed E-state index contributed by atoms with van der Waals surface area (Å²) in [4.78, 5) is 15.9. The van der Waals surface area contributed by atoms with Gasteiger partial charge in [-0.1, -0.05) is 20.8 Å². The average molecular weight is 270 g/mol. The number of hydrogen-bond donors (Lipinski definition) is 1. The molecule has 0 aliphatic rings. The van der Waals surface area contributed by atoms with Crippen LogP contribution in [0.3, 0.4) is 0 Å². The van der Waals surface area contributed by atoms with Gasteiger partial charge in [-0.3, -0.25) is 4.79 Å². The molecular weight excluding hydrogens is 248 g/mol. The normalized spacial score (nSPS) is 13.3. The van der Waals surface area contributed by atoms with Crippen LogP contribution in [0.1, 0.15) is 32.9 Å². The molecule has 1 atom stereocenters. The van der Waals surface area contributed by atoms with Crippen LogP contribution in [0.15, 0.2) is 10.9 Å². The molecule has 1 unspecified atom stereocenters. The molecule has 0 radical (unpaired) electrons. The fraction of sp³-hybridized carbons (Fsp3) is 0.692. The molecule has 0 aromatic carbocycles. The summed E-state index contributed by atoms with van der Waals surface area (Å²) in [5.74, 6) is -0.225. The summed E-state index contributed by atoms with van der Waals surface area (Å²) >= 11 is 1.54. The molecule has 1 rings (SSSR count). The quantitative estimate of drug-likeness (QED) is 0.806. The van der Waals surface area contributed by atoms with Crippen molar-refractivity contribution in [3.63, 3.8) is 0 Å². The Kier molecular flexibility index (Phi) is 5.75. The number of methoxy groups -OCH3 is 1. The summed E-state index contributed by atoms with van der Waals surface area (Å²) in [5.41, 5.74) is 2.96. The van der Waals surface area contributed by atoms with Gasteiger partial charge in [-0.15, -0.1) is 11.3 Å². The van der Waals surface area contributed by atoms with Crippen LogP contribution in [0.5, 0.6) is 0 Å². The Morgan fingerprint density at radius 1 is 1.56 bits per heavy atom. The molecular formula is C13H22N2O2S. The maximum atomic E-state index is 11.7. The van der Waals surface area contributed by atoms with Crippen LogP contribution in [0.2, 0.25) is 0 Å². The van der Waals surface area contributed by atoms with Gasteiger partial charge < -0.3 is 10.1 Å². The molecule has 0 bridgehead atoms. The zero-order valence-electron chi connectivity index (χ0n) is 11.5. The molecule has 0 saturated carbocycles. The predicted octanol–water partition coefficient (Wildman–Crippen LogP) is 2.25. The van der Waals surface area contributed by atoms with Gasteiger partial charge in [-0.25, -0.2) is 4.98 Å². The van der Waals surface area contributed by atoms with Crippen LogP contribution in [0, 0.1) is 5.41 Å². The summed E-state index contributed by atoms with van der Waals surface area (Å²) in [7, 11) is 1.42. The highest BCUT2D eigenvalue weighted by molar-refractivity contribution is 7.07. The van der Waals surface area contributed by atoms with Crippen molar-refractivity contribution in [2.75, 3.05) is 13.7 Å². The van der Waals surface area contributed by atoms with E-state index in [4.69, 9.17) is 4.74 Å². The number of thiazole rings is 1. The number of esters is 1. The monoisotopic (exact) mass is 270 g/mol. The average Bonchev–Trinajstić information content (AvgIpc) is 2.78. The third kappa shape index (κ3) is 5.60. The van der Waals surface area contributed by atoms with Crippen molar-refractivity contribution in [2.45, 2.75) is 39.7 Å². The molecule has 0 amide bonds. The molecule has 0 saturated heterocycles. The second-order valence-corrected chi connectivity index (χ2v) is 6.24. The molecule has 18 heavy (non-hydrogen) atoms. The Morgan fingerprint density at radius 3 is 2.78 bits per heavy atom. The molecule has 1 heterocycles. The predicted molar refractivity (Wildman–Crippen MR) is 73.7 cm³/mol. The molecule has 5 heteroatoms. The van der Waals surface area contributed by atoms with Gasteiger partial charge in [0, 0.05) is 11.8 Å². The van der Waals surface area contributed by atoms with E-state index in [2.05, 4.69) is 31.1 Å². The van der Waals surface area contributed by atoms with Gasteiger partial charge in [0.15, 0.2) is 0 Å². The van der Waals surface area contributed by atoms with Crippen LogP contribution in [0.25, 0.3) is 0 Å². The van der Waals surface area contributed by atoms with E-state index in [0.29, 0.717) is 6.42 Å². The third-order valence-electron chi connectivity index (χ3n) is 2.65. The van der Waals surface area contributed by atoms with E-state index in [9.17, 15) is 4.79 Å². The summed E-state index contributed by atoms with van der Waals surface area (Å²) in [6.45, 7) is 7.35. The van der Waals surface area contributed by atoms with E-state index in [1.807, 2.05) is 5.38 Å². The zero-order chi connectivity index (χ0) is 13.6. The standard InChI is InChI=1S/C13H22N2O2S/c1-13(2,3)5-6-14-11(12(16)17-4)7-10-8-18-9-15-10/h8-9,11,14H,5-7H2,1-4H3. The fourth-order valence-electron chi connectivity index (χ4n) is 1.55. The van der Waals surface area contributed by atoms with Crippen molar-refractivity contribution in [2.24, 2.45) is 5.41 Å². The highest BCUT2D eigenvalue weighted by Crippen LogP contribution is 2.17. The van der Waals surface area contributed by atoms with Crippen molar-refractivity contribution in [1.29, 1.82) is 0 Å². The third-order valence-corrected chi connectivity index (χ3v) is 3.28. The maximum Gasteiger partial charge on any atom is 0.323 e. The molecule has 1 aromatic heterocycles. The van der Waals surface area contributed by atoms with E-state index in [0.717, 1.165) is 18.7 Å². The Labute approximate surface area is 113 Å². The number of nitrogens with one attached hydrogen (secondary N) is 1. The highest BCUT2D eigenvalue weighted by Gasteiger charge is 2.20. The SMILES string of the molecule is COC(=O)C(Cc1cscn1)NCCC(C)(C)C. The number of aromatic nitrogens is 1. The number of ether oxygens (including phenoxy) is 1. The Morgan fingerprint density at radius 2 is 2.28 bits per heavy atom. The number of carbonyl (C=O) groups excluding carboxylic acids is 1. The summed E-state index contributed by atoms with van der Waals surface area (Å²) in [6.07, 6.45) is 1.60. The molecule has 0 aliphatic heterocycles. The molecule has 102 valence electrons. The minimum absolute atomic E-state index is 0.225. The van der Waals surface area contributed by atoms with E-state index >= 15 is 0 Å². The van der Waals surface area contributed by atoms with E-state index in [1.165, 1.54) is 18.4 Å². The summed E-state index contributed by atoms with van der Waals surface area (Å²) in [5, 5.41) is 5.22. The topological polar surface area (TPSA) is 51.2 Å². The second-order valence-electron chi connectivity index (χ2n) is 5.52. The first-order valence-electron chi connectivity index (χ1n) is 6.10. The first-order chi connectivity index (χ1) is 8.42. The molecule has 0 aliphatic carbocycles. The summed E-state index contributed by atoms with van der Waals surface area (Å²) in [6, 6.07) is -0.306. The Bertz CT molecular complexity index is 358. The van der Waals surface area contributed by atoms with Crippen LogP contribution in [-0.4, -0.2) is 30.6 Å². The largest absolute Gasteiger partial charge is 0.468 e. The van der Waals surface area contributed by atoms with Crippen molar-refractivity contribution in [3.05, 3.63) is 16.6 Å². The lowest BCUT2D eigenvalue weighted by atomic mass is 9.92. The van der Waals surface area contributed by atoms with Crippen LogP contribution in [-0.2, 0) is 16.0 Å². The minimum Gasteiger partial charge on any atom is -0.468 e. The van der Waals surface area contributed by atoms with Gasteiger partial charge in [0.25, 0.3) is 0 Å². The van der Waals surface area contributed by atoms with Crippen LogP contribution < -0.4 is 5.32 Å². The molecule has 0 spiro atoms. The number of nitrogens with zero attached hydrogens (tertiary/aromatic N) is 1. The lowest BCUT2D eigenvalue weighted by Gasteiger charge is -2.21. The van der Waals surface area contributed by atoms with Crippen molar-refractivity contribution >= 4 is 17.3 Å². The number of rotatable bonds is 6. The van der Waals surface area contributed by atoms with Crippen LogP contribution >= 0.6 is 11.3 Å². The number of hydrogen-bond acceptors (Lipinski definition) is 5. The van der Waals surface area contributed by atoms with E-state index in [1.54, 1.807) is 5.51 Å². The molecule has 1 aromatic rings. The minimum atomic E-state index is -0.306. The first kappa shape index (κ1) is 15.1. The molecule has 0 fully saturated rings. The maximum absolute atomic E-state index is 11.7. The lowest BCUT2D eigenvalue weighted by molar-refractivity contribution is -0.143. The first-order valence-corrected chi connectivity index (χ1v) is 7.05. The van der Waals surface area contributed by atoms with E-state index < -0.39 is 0 Å². The Balaban J connectivity index is 2.49. The lowest BCUT2D eigenvalue weighted by Crippen LogP contribution is -2.40. The van der Waals surface area contributed by atoms with Gasteiger partial charge in [0.1, 0.15) is 6.04 Å². The van der Waals surface area contributed by atoms with Crippen LogP contribution in [0.4, 0.5) is 0 Å². The van der Waals surface area contributed by atoms with Gasteiger partial charge in [0.2, 0.25) is 0 Å². The van der Waals surface area contributed by atoms with Crippen molar-refractivity contribution in [3.8, 4) is 0 Å². The Hall–Kier alpha value is -0.940. The highest BCUT2D eigenvalue weighted by atomic mass is 32.1. The van der Waals surface area contributed by atoms with Gasteiger partial charge >= 0.3 is 5.97 Å².